The lowest BCUT2D eigenvalue weighted by Gasteiger charge is -2.19. The predicted molar refractivity (Wildman–Crippen MR) is 124 cm³/mol. The van der Waals surface area contributed by atoms with Crippen molar-refractivity contribution in [2.75, 3.05) is 11.5 Å². The fourth-order valence-electron chi connectivity index (χ4n) is 5.50. The van der Waals surface area contributed by atoms with Crippen LogP contribution in [0, 0.1) is 23.7 Å². The minimum atomic E-state index is -0.766. The van der Waals surface area contributed by atoms with Gasteiger partial charge >= 0.3 is 5.97 Å². The van der Waals surface area contributed by atoms with Crippen molar-refractivity contribution in [1.29, 1.82) is 0 Å². The first-order chi connectivity index (χ1) is 16.8. The van der Waals surface area contributed by atoms with Crippen molar-refractivity contribution in [2.45, 2.75) is 19.3 Å². The van der Waals surface area contributed by atoms with Crippen LogP contribution in [0.2, 0.25) is 5.02 Å². The van der Waals surface area contributed by atoms with Crippen LogP contribution in [0.1, 0.15) is 40.0 Å². The van der Waals surface area contributed by atoms with Gasteiger partial charge in [0.25, 0.3) is 11.8 Å². The Morgan fingerprint density at radius 1 is 0.914 bits per heavy atom. The molecule has 2 aromatic carbocycles. The summed E-state index contributed by atoms with van der Waals surface area (Å²) >= 11 is 5.93. The SMILES string of the molecule is O=C(COC(=O)c1ccc(N2C(=O)[C@H]3[C@H]4CC[C@@H](C4)[C@@H]3C2=O)cc1)NNC(=O)c1ccccc1Cl. The molecule has 180 valence electrons. The molecule has 1 aliphatic heterocycles. The van der Waals surface area contributed by atoms with Gasteiger partial charge in [-0.3, -0.25) is 34.9 Å². The first-order valence-electron chi connectivity index (χ1n) is 11.3. The third kappa shape index (κ3) is 4.16. The van der Waals surface area contributed by atoms with Gasteiger partial charge < -0.3 is 4.74 Å². The van der Waals surface area contributed by atoms with Crippen molar-refractivity contribution in [1.82, 2.24) is 10.9 Å². The molecule has 5 rings (SSSR count). The number of nitrogens with zero attached hydrogens (tertiary/aromatic N) is 1. The molecule has 9 nitrogen and oxygen atoms in total. The van der Waals surface area contributed by atoms with Crippen molar-refractivity contribution in [3.8, 4) is 0 Å². The van der Waals surface area contributed by atoms with Crippen molar-refractivity contribution in [3.05, 3.63) is 64.7 Å². The summed E-state index contributed by atoms with van der Waals surface area (Å²) in [4.78, 5) is 63.4. The van der Waals surface area contributed by atoms with Crippen LogP contribution in [-0.4, -0.2) is 36.2 Å². The number of rotatable bonds is 5. The molecule has 0 spiro atoms. The van der Waals surface area contributed by atoms with E-state index < -0.39 is 24.4 Å². The highest BCUT2D eigenvalue weighted by Gasteiger charge is 2.61. The van der Waals surface area contributed by atoms with Crippen LogP contribution in [0.25, 0.3) is 0 Å². The van der Waals surface area contributed by atoms with E-state index in [0.29, 0.717) is 17.5 Å². The summed E-state index contributed by atoms with van der Waals surface area (Å²) in [7, 11) is 0. The number of hydrazine groups is 1. The van der Waals surface area contributed by atoms with Gasteiger partial charge in [0.15, 0.2) is 6.61 Å². The summed E-state index contributed by atoms with van der Waals surface area (Å²) in [5.74, 6) is -2.29. The molecule has 1 heterocycles. The zero-order valence-electron chi connectivity index (χ0n) is 18.5. The molecule has 1 saturated heterocycles. The Balaban J connectivity index is 1.14. The molecule has 0 aromatic heterocycles. The Morgan fingerprint density at radius 3 is 2.17 bits per heavy atom. The van der Waals surface area contributed by atoms with Gasteiger partial charge in [-0.2, -0.15) is 0 Å². The summed E-state index contributed by atoms with van der Waals surface area (Å²) in [5, 5.41) is 0.224. The Kier molecular flexibility index (Phi) is 6.02. The van der Waals surface area contributed by atoms with Crippen molar-refractivity contribution < 1.29 is 28.7 Å². The maximum atomic E-state index is 12.9. The van der Waals surface area contributed by atoms with Crippen LogP contribution in [0.3, 0.4) is 0 Å². The van der Waals surface area contributed by atoms with E-state index in [9.17, 15) is 24.0 Å². The average Bonchev–Trinajstić information content (AvgIpc) is 3.55. The fourth-order valence-corrected chi connectivity index (χ4v) is 5.72. The lowest BCUT2D eigenvalue weighted by molar-refractivity contribution is -0.125. The summed E-state index contributed by atoms with van der Waals surface area (Å²) in [6.07, 6.45) is 2.96. The molecule has 4 atom stereocenters. The van der Waals surface area contributed by atoms with Gasteiger partial charge in [0.2, 0.25) is 11.8 Å². The molecule has 0 radical (unpaired) electrons. The van der Waals surface area contributed by atoms with Gasteiger partial charge in [-0.25, -0.2) is 4.79 Å². The number of anilines is 1. The first kappa shape index (κ1) is 23.0. The van der Waals surface area contributed by atoms with E-state index in [1.165, 1.54) is 41.3 Å². The fraction of sp³-hybridized carbons (Fsp3) is 0.320. The van der Waals surface area contributed by atoms with E-state index >= 15 is 0 Å². The normalized spacial score (nSPS) is 24.3. The van der Waals surface area contributed by atoms with Gasteiger partial charge in [-0.1, -0.05) is 23.7 Å². The van der Waals surface area contributed by atoms with Crippen molar-refractivity contribution in [3.63, 3.8) is 0 Å². The number of nitrogens with one attached hydrogen (secondary N) is 2. The van der Waals surface area contributed by atoms with E-state index in [0.717, 1.165) is 19.3 Å². The number of ether oxygens (including phenoxy) is 1. The van der Waals surface area contributed by atoms with E-state index in [1.807, 2.05) is 0 Å². The number of halogens is 1. The van der Waals surface area contributed by atoms with Crippen LogP contribution < -0.4 is 15.8 Å². The smallest absolute Gasteiger partial charge is 0.338 e. The summed E-state index contributed by atoms with van der Waals surface area (Å²) < 4.78 is 4.98. The van der Waals surface area contributed by atoms with Gasteiger partial charge in [0, 0.05) is 0 Å². The standard InChI is InChI=1S/C25H22ClN3O6/c26-18-4-2-1-3-17(18)22(31)28-27-19(30)12-35-25(34)13-7-9-16(10-8-13)29-23(32)20-14-5-6-15(11-14)21(20)24(29)33/h1-4,7-10,14-15,20-21H,5-6,11-12H2,(H,27,30)(H,28,31)/t14-,15-,20-,21-/m0/s1. The summed E-state index contributed by atoms with van der Waals surface area (Å²) in [6.45, 7) is -0.626. The van der Waals surface area contributed by atoms with Gasteiger partial charge in [-0.05, 0) is 67.5 Å². The second-order valence-electron chi connectivity index (χ2n) is 9.00. The second kappa shape index (κ2) is 9.14. The largest absolute Gasteiger partial charge is 0.452 e. The zero-order valence-corrected chi connectivity index (χ0v) is 19.3. The molecule has 4 amide bonds. The monoisotopic (exact) mass is 495 g/mol. The van der Waals surface area contributed by atoms with Crippen LogP contribution in [0.5, 0.6) is 0 Å². The minimum absolute atomic E-state index is 0.154. The lowest BCUT2D eigenvalue weighted by Crippen LogP contribution is -2.43. The molecule has 10 heteroatoms. The van der Waals surface area contributed by atoms with Crippen LogP contribution >= 0.6 is 11.6 Å². The van der Waals surface area contributed by atoms with Gasteiger partial charge in [0.05, 0.1) is 33.7 Å². The quantitative estimate of drug-likeness (QED) is 0.373. The topological polar surface area (TPSA) is 122 Å². The number of imide groups is 1. The zero-order chi connectivity index (χ0) is 24.7. The van der Waals surface area contributed by atoms with Crippen LogP contribution in [0.4, 0.5) is 5.69 Å². The number of fused-ring (bicyclic) bond motifs is 5. The number of esters is 1. The van der Waals surface area contributed by atoms with E-state index in [4.69, 9.17) is 16.3 Å². The molecule has 2 bridgehead atoms. The Labute approximate surface area is 205 Å². The Hall–Kier alpha value is -3.72. The number of amides is 4. The molecule has 2 aliphatic carbocycles. The van der Waals surface area contributed by atoms with Gasteiger partial charge in [-0.15, -0.1) is 0 Å². The predicted octanol–water partition coefficient (Wildman–Crippen LogP) is 2.49. The molecule has 3 fully saturated rings. The Morgan fingerprint density at radius 2 is 1.54 bits per heavy atom. The van der Waals surface area contributed by atoms with E-state index in [1.54, 1.807) is 12.1 Å². The molecule has 35 heavy (non-hydrogen) atoms. The third-order valence-electron chi connectivity index (χ3n) is 7.06. The maximum absolute atomic E-state index is 12.9. The molecule has 3 aliphatic rings. The highest BCUT2D eigenvalue weighted by molar-refractivity contribution is 6.33. The maximum Gasteiger partial charge on any atom is 0.338 e. The highest BCUT2D eigenvalue weighted by Crippen LogP contribution is 2.56. The van der Waals surface area contributed by atoms with Crippen molar-refractivity contribution >= 4 is 46.9 Å². The van der Waals surface area contributed by atoms with E-state index in [2.05, 4.69) is 10.9 Å². The highest BCUT2D eigenvalue weighted by atomic mass is 35.5. The number of hydrogen-bond acceptors (Lipinski definition) is 6. The van der Waals surface area contributed by atoms with Crippen molar-refractivity contribution in [2.24, 2.45) is 23.7 Å². The van der Waals surface area contributed by atoms with E-state index in [-0.39, 0.29) is 39.8 Å². The number of carbonyl (C=O) groups excluding carboxylic acids is 5. The average molecular weight is 496 g/mol. The molecule has 0 unspecified atom stereocenters. The molecular formula is C25H22ClN3O6. The Bertz CT molecular complexity index is 1200. The first-order valence-corrected chi connectivity index (χ1v) is 11.7. The lowest BCUT2D eigenvalue weighted by atomic mass is 9.81. The van der Waals surface area contributed by atoms with Crippen LogP contribution in [-0.2, 0) is 19.1 Å². The third-order valence-corrected chi connectivity index (χ3v) is 7.39. The molecule has 2 N–H and O–H groups in total. The van der Waals surface area contributed by atoms with Gasteiger partial charge in [0.1, 0.15) is 0 Å². The number of carbonyl (C=O) groups is 5. The number of hydrogen-bond donors (Lipinski definition) is 2. The molecule has 2 aromatic rings. The van der Waals surface area contributed by atoms with Crippen LogP contribution in [0.15, 0.2) is 48.5 Å². The second-order valence-corrected chi connectivity index (χ2v) is 9.41. The summed E-state index contributed by atoms with van der Waals surface area (Å²) in [6, 6.07) is 12.3. The molecule has 2 saturated carbocycles. The minimum Gasteiger partial charge on any atom is -0.452 e. The molecular weight excluding hydrogens is 474 g/mol. The number of benzene rings is 2. The summed E-state index contributed by atoms with van der Waals surface area (Å²) in [5.41, 5.74) is 5.09.